The van der Waals surface area contributed by atoms with Crippen LogP contribution in [0.1, 0.15) is 28.4 Å². The van der Waals surface area contributed by atoms with Crippen LogP contribution in [-0.4, -0.2) is 5.71 Å². The van der Waals surface area contributed by atoms with Gasteiger partial charge < -0.3 is 4.84 Å². The van der Waals surface area contributed by atoms with Gasteiger partial charge in [0.2, 0.25) is 0 Å². The normalized spacial score (nSPS) is 10.9. The van der Waals surface area contributed by atoms with Crippen molar-refractivity contribution < 1.29 is 4.84 Å². The van der Waals surface area contributed by atoms with Crippen molar-refractivity contribution in [1.82, 2.24) is 0 Å². The van der Waals surface area contributed by atoms with Crippen molar-refractivity contribution in [1.29, 1.82) is 0 Å². The van der Waals surface area contributed by atoms with E-state index in [9.17, 15) is 0 Å². The van der Waals surface area contributed by atoms with Crippen LogP contribution in [0.4, 0.5) is 0 Å². The van der Waals surface area contributed by atoms with Gasteiger partial charge in [0.15, 0.2) is 11.8 Å². The van der Waals surface area contributed by atoms with E-state index >= 15 is 0 Å². The highest BCUT2D eigenvalue weighted by Crippen LogP contribution is 2.26. The van der Waals surface area contributed by atoms with Gasteiger partial charge in [0.25, 0.3) is 0 Å². The van der Waals surface area contributed by atoms with Crippen LogP contribution in [0.15, 0.2) is 126 Å². The molecule has 0 unspecified atom stereocenters. The van der Waals surface area contributed by atoms with Gasteiger partial charge in [-0.1, -0.05) is 120 Å². The largest absolute Gasteiger partial charge is 0.382 e. The molecular weight excluding hydrogens is 366 g/mol. The van der Waals surface area contributed by atoms with Crippen LogP contribution in [0, 0.1) is 11.8 Å². The Hall–Kier alpha value is -4.09. The Labute approximate surface area is 177 Å². The molecule has 144 valence electrons. The maximum absolute atomic E-state index is 6.10. The third-order valence-electron chi connectivity index (χ3n) is 4.60. The van der Waals surface area contributed by atoms with Crippen molar-refractivity contribution >= 4 is 5.71 Å². The maximum Gasteiger partial charge on any atom is 0.177 e. The minimum Gasteiger partial charge on any atom is -0.382 e. The molecule has 0 aliphatic heterocycles. The second-order valence-electron chi connectivity index (χ2n) is 6.73. The Kier molecular flexibility index (Phi) is 6.35. The van der Waals surface area contributed by atoms with E-state index in [2.05, 4.69) is 17.0 Å². The molecule has 4 aromatic rings. The summed E-state index contributed by atoms with van der Waals surface area (Å²) in [5.41, 5.74) is 4.52. The highest BCUT2D eigenvalue weighted by atomic mass is 16.6. The lowest BCUT2D eigenvalue weighted by Crippen LogP contribution is -2.06. The highest BCUT2D eigenvalue weighted by Gasteiger charge is 2.15. The number of benzene rings is 4. The standard InChI is InChI=1S/C28H21NO/c1-5-13-23(14-6-1)21-22-27(24-15-7-2-8-16-24)29-30-28(25-17-9-3-10-18-25)26-19-11-4-12-20-26/h1-20,28H/b29-27+. The van der Waals surface area contributed by atoms with E-state index in [0.29, 0.717) is 5.71 Å². The number of nitrogens with zero attached hydrogens (tertiary/aromatic N) is 1. The molecule has 2 nitrogen and oxygen atoms in total. The van der Waals surface area contributed by atoms with E-state index in [-0.39, 0.29) is 6.10 Å². The van der Waals surface area contributed by atoms with Gasteiger partial charge in [0.1, 0.15) is 0 Å². The van der Waals surface area contributed by atoms with Crippen molar-refractivity contribution in [3.8, 4) is 11.8 Å². The van der Waals surface area contributed by atoms with Gasteiger partial charge >= 0.3 is 0 Å². The smallest absolute Gasteiger partial charge is 0.177 e. The third-order valence-corrected chi connectivity index (χ3v) is 4.60. The van der Waals surface area contributed by atoms with Crippen molar-refractivity contribution in [3.05, 3.63) is 144 Å². The van der Waals surface area contributed by atoms with Crippen molar-refractivity contribution in [2.75, 3.05) is 0 Å². The molecule has 0 atom stereocenters. The summed E-state index contributed by atoms with van der Waals surface area (Å²) >= 11 is 0. The zero-order chi connectivity index (χ0) is 20.4. The molecule has 0 saturated heterocycles. The summed E-state index contributed by atoms with van der Waals surface area (Å²) in [6, 6.07) is 40.0. The fourth-order valence-electron chi connectivity index (χ4n) is 3.07. The minimum absolute atomic E-state index is 0.315. The van der Waals surface area contributed by atoms with Gasteiger partial charge in [0, 0.05) is 11.1 Å². The van der Waals surface area contributed by atoms with Crippen molar-refractivity contribution in [3.63, 3.8) is 0 Å². The summed E-state index contributed by atoms with van der Waals surface area (Å²) in [4.78, 5) is 6.10. The molecule has 30 heavy (non-hydrogen) atoms. The second-order valence-corrected chi connectivity index (χ2v) is 6.73. The quantitative estimate of drug-likeness (QED) is 0.225. The SMILES string of the molecule is C(#Cc1ccccc1)/C(=N\OC(c1ccccc1)c1ccccc1)c1ccccc1. The first-order valence-corrected chi connectivity index (χ1v) is 9.86. The summed E-state index contributed by atoms with van der Waals surface area (Å²) in [6.45, 7) is 0. The number of oxime groups is 1. The fourth-order valence-corrected chi connectivity index (χ4v) is 3.07. The molecule has 0 radical (unpaired) electrons. The molecule has 0 saturated carbocycles. The first-order valence-electron chi connectivity index (χ1n) is 9.86. The molecule has 0 spiro atoms. The van der Waals surface area contributed by atoms with Gasteiger partial charge in [-0.25, -0.2) is 0 Å². The summed E-state index contributed by atoms with van der Waals surface area (Å²) in [6.07, 6.45) is -0.315. The van der Waals surface area contributed by atoms with Gasteiger partial charge in [0.05, 0.1) is 0 Å². The molecule has 0 aliphatic rings. The Bertz CT molecular complexity index is 1100. The number of hydrogen-bond donors (Lipinski definition) is 0. The lowest BCUT2D eigenvalue weighted by Gasteiger charge is -2.16. The Morgan fingerprint density at radius 2 is 1.07 bits per heavy atom. The molecular formula is C28H21NO. The van der Waals surface area contributed by atoms with Crippen LogP contribution < -0.4 is 0 Å². The van der Waals surface area contributed by atoms with E-state index in [0.717, 1.165) is 22.3 Å². The average Bonchev–Trinajstić information content (AvgIpc) is 2.84. The molecule has 0 amide bonds. The summed E-state index contributed by atoms with van der Waals surface area (Å²) in [7, 11) is 0. The van der Waals surface area contributed by atoms with E-state index in [1.807, 2.05) is 121 Å². The molecule has 2 heteroatoms. The number of hydrogen-bond acceptors (Lipinski definition) is 2. The van der Waals surface area contributed by atoms with Gasteiger partial charge in [-0.15, -0.1) is 0 Å². The van der Waals surface area contributed by atoms with Gasteiger partial charge in [-0.2, -0.15) is 0 Å². The zero-order valence-electron chi connectivity index (χ0n) is 16.5. The lowest BCUT2D eigenvalue weighted by atomic mass is 10.0. The predicted molar refractivity (Wildman–Crippen MR) is 122 cm³/mol. The van der Waals surface area contributed by atoms with Crippen LogP contribution in [0.5, 0.6) is 0 Å². The van der Waals surface area contributed by atoms with Gasteiger partial charge in [-0.05, 0) is 29.2 Å². The average molecular weight is 387 g/mol. The molecule has 0 bridgehead atoms. The van der Waals surface area contributed by atoms with Crippen molar-refractivity contribution in [2.24, 2.45) is 5.16 Å². The summed E-state index contributed by atoms with van der Waals surface area (Å²) in [5.74, 6) is 6.37. The molecule has 4 rings (SSSR count). The Morgan fingerprint density at radius 1 is 0.600 bits per heavy atom. The molecule has 4 aromatic carbocycles. The fraction of sp³-hybridized carbons (Fsp3) is 0.0357. The summed E-state index contributed by atoms with van der Waals surface area (Å²) < 4.78 is 0. The summed E-state index contributed by atoms with van der Waals surface area (Å²) in [5, 5.41) is 4.51. The van der Waals surface area contributed by atoms with E-state index in [4.69, 9.17) is 4.84 Å². The second kappa shape index (κ2) is 9.91. The Balaban J connectivity index is 1.70. The van der Waals surface area contributed by atoms with Crippen LogP contribution in [-0.2, 0) is 4.84 Å². The van der Waals surface area contributed by atoms with Crippen LogP contribution >= 0.6 is 0 Å². The monoisotopic (exact) mass is 387 g/mol. The lowest BCUT2D eigenvalue weighted by molar-refractivity contribution is 0.0879. The zero-order valence-corrected chi connectivity index (χ0v) is 16.5. The van der Waals surface area contributed by atoms with E-state index in [1.165, 1.54) is 0 Å². The third kappa shape index (κ3) is 5.04. The first-order chi connectivity index (χ1) is 14.9. The minimum atomic E-state index is -0.315. The topological polar surface area (TPSA) is 21.6 Å². The van der Waals surface area contributed by atoms with Gasteiger partial charge in [-0.3, -0.25) is 0 Å². The molecule has 0 N–H and O–H groups in total. The maximum atomic E-state index is 6.10. The van der Waals surface area contributed by atoms with Crippen LogP contribution in [0.25, 0.3) is 0 Å². The Morgan fingerprint density at radius 3 is 1.60 bits per heavy atom. The molecule has 0 heterocycles. The van der Waals surface area contributed by atoms with Crippen molar-refractivity contribution in [2.45, 2.75) is 6.10 Å². The highest BCUT2D eigenvalue weighted by molar-refractivity contribution is 6.12. The molecule has 0 aromatic heterocycles. The first kappa shape index (κ1) is 19.2. The number of rotatable bonds is 5. The van der Waals surface area contributed by atoms with E-state index in [1.54, 1.807) is 0 Å². The van der Waals surface area contributed by atoms with Crippen LogP contribution in [0.3, 0.4) is 0 Å². The molecule has 0 fully saturated rings. The van der Waals surface area contributed by atoms with Crippen LogP contribution in [0.2, 0.25) is 0 Å². The molecule has 0 aliphatic carbocycles. The van der Waals surface area contributed by atoms with E-state index < -0.39 is 0 Å². The predicted octanol–water partition coefficient (Wildman–Crippen LogP) is 6.25.